The van der Waals surface area contributed by atoms with Gasteiger partial charge in [0.1, 0.15) is 5.25 Å². The van der Waals surface area contributed by atoms with Crippen molar-refractivity contribution in [2.24, 2.45) is 0 Å². The fraction of sp³-hybridized carbons (Fsp3) is 0.571. The molecule has 1 aromatic heterocycles. The van der Waals surface area contributed by atoms with E-state index in [0.29, 0.717) is 6.54 Å². The van der Waals surface area contributed by atoms with Gasteiger partial charge in [-0.2, -0.15) is 4.31 Å². The lowest BCUT2D eigenvalue weighted by Crippen LogP contribution is -2.48. The van der Waals surface area contributed by atoms with Gasteiger partial charge in [-0.1, -0.05) is 6.07 Å². The lowest BCUT2D eigenvalue weighted by molar-refractivity contribution is -0.121. The van der Waals surface area contributed by atoms with E-state index < -0.39 is 15.3 Å². The highest BCUT2D eigenvalue weighted by molar-refractivity contribution is 7.89. The number of aromatic nitrogens is 1. The molecule has 2 rings (SSSR count). The summed E-state index contributed by atoms with van der Waals surface area (Å²) >= 11 is 0. The molecule has 0 bridgehead atoms. The molecule has 1 amide bonds. The molecule has 0 aliphatic carbocycles. The lowest BCUT2D eigenvalue weighted by atomic mass is 10.2. The van der Waals surface area contributed by atoms with Gasteiger partial charge in [-0.05, 0) is 25.5 Å². The molecule has 2 atom stereocenters. The number of nitrogens with one attached hydrogen (secondary N) is 3. The molecule has 128 valence electrons. The standard InChI is InChI=1S/C14H23N5O3S/c1-10-14(11(2)18-17-10)23(21,22)19(3)9-13(20)16-8-12-5-4-6-15-7-12/h4-7,10-11,14,17-18H,8-9H2,1-3H3,(H,16,20). The first kappa shape index (κ1) is 17.8. The van der Waals surface area contributed by atoms with E-state index >= 15 is 0 Å². The second-order valence-electron chi connectivity index (χ2n) is 5.77. The van der Waals surface area contributed by atoms with Crippen molar-refractivity contribution in [2.45, 2.75) is 37.7 Å². The number of hydrogen-bond acceptors (Lipinski definition) is 6. The minimum atomic E-state index is -3.58. The Hall–Kier alpha value is -1.55. The summed E-state index contributed by atoms with van der Waals surface area (Å²) in [4.78, 5) is 15.9. The highest BCUT2D eigenvalue weighted by Gasteiger charge is 2.42. The molecule has 0 radical (unpaired) electrons. The zero-order valence-electron chi connectivity index (χ0n) is 13.5. The van der Waals surface area contributed by atoms with Crippen molar-refractivity contribution in [3.8, 4) is 0 Å². The van der Waals surface area contributed by atoms with Gasteiger partial charge in [0.15, 0.2) is 0 Å². The molecule has 2 unspecified atom stereocenters. The Morgan fingerprint density at radius 1 is 1.35 bits per heavy atom. The lowest BCUT2D eigenvalue weighted by Gasteiger charge is -2.25. The number of carbonyl (C=O) groups excluding carboxylic acids is 1. The van der Waals surface area contributed by atoms with Gasteiger partial charge >= 0.3 is 0 Å². The van der Waals surface area contributed by atoms with Crippen LogP contribution in [0, 0.1) is 0 Å². The third kappa shape index (κ3) is 4.25. The average Bonchev–Trinajstić information content (AvgIpc) is 2.85. The van der Waals surface area contributed by atoms with Gasteiger partial charge in [-0.25, -0.2) is 8.42 Å². The Bertz CT molecular complexity index is 627. The van der Waals surface area contributed by atoms with Crippen LogP contribution in [-0.4, -0.2) is 54.5 Å². The van der Waals surface area contributed by atoms with Crippen molar-refractivity contribution in [3.05, 3.63) is 30.1 Å². The molecule has 1 saturated heterocycles. The summed E-state index contributed by atoms with van der Waals surface area (Å²) in [6, 6.07) is 3.17. The van der Waals surface area contributed by atoms with E-state index in [1.165, 1.54) is 7.05 Å². The van der Waals surface area contributed by atoms with E-state index in [1.54, 1.807) is 32.3 Å². The molecule has 1 fully saturated rings. The fourth-order valence-corrected chi connectivity index (χ4v) is 4.52. The Kier molecular flexibility index (Phi) is 5.69. The van der Waals surface area contributed by atoms with Gasteiger partial charge in [0.25, 0.3) is 0 Å². The van der Waals surface area contributed by atoms with Gasteiger partial charge in [0.05, 0.1) is 6.54 Å². The van der Waals surface area contributed by atoms with E-state index in [9.17, 15) is 13.2 Å². The molecular formula is C14H23N5O3S. The number of hydrogen-bond donors (Lipinski definition) is 3. The zero-order valence-corrected chi connectivity index (χ0v) is 14.3. The monoisotopic (exact) mass is 341 g/mol. The first-order valence-corrected chi connectivity index (χ1v) is 8.94. The summed E-state index contributed by atoms with van der Waals surface area (Å²) in [5.74, 6) is -0.348. The summed E-state index contributed by atoms with van der Waals surface area (Å²) in [5, 5.41) is 2.09. The van der Waals surface area contributed by atoms with Crippen LogP contribution in [0.15, 0.2) is 24.5 Å². The number of nitrogens with zero attached hydrogens (tertiary/aromatic N) is 2. The van der Waals surface area contributed by atoms with E-state index in [0.717, 1.165) is 9.87 Å². The van der Waals surface area contributed by atoms with Gasteiger partial charge in [0, 0.05) is 38.1 Å². The number of hydrazine groups is 1. The molecule has 1 aromatic rings. The van der Waals surface area contributed by atoms with Crippen molar-refractivity contribution < 1.29 is 13.2 Å². The van der Waals surface area contributed by atoms with Crippen LogP contribution in [0.25, 0.3) is 0 Å². The molecular weight excluding hydrogens is 318 g/mol. The van der Waals surface area contributed by atoms with E-state index in [4.69, 9.17) is 0 Å². The van der Waals surface area contributed by atoms with Crippen LogP contribution in [0.5, 0.6) is 0 Å². The maximum absolute atomic E-state index is 12.6. The highest BCUT2D eigenvalue weighted by atomic mass is 32.2. The van der Waals surface area contributed by atoms with Crippen LogP contribution in [0.1, 0.15) is 19.4 Å². The molecule has 8 nitrogen and oxygen atoms in total. The highest BCUT2D eigenvalue weighted by Crippen LogP contribution is 2.18. The number of pyridine rings is 1. The third-order valence-corrected chi connectivity index (χ3v) is 6.38. The molecule has 1 aliphatic rings. The topological polar surface area (TPSA) is 103 Å². The summed E-state index contributed by atoms with van der Waals surface area (Å²) in [6.45, 7) is 3.71. The predicted molar refractivity (Wildman–Crippen MR) is 86.6 cm³/mol. The van der Waals surface area contributed by atoms with Gasteiger partial charge in [-0.3, -0.25) is 20.6 Å². The summed E-state index contributed by atoms with van der Waals surface area (Å²) < 4.78 is 26.3. The van der Waals surface area contributed by atoms with Gasteiger partial charge in [-0.15, -0.1) is 0 Å². The zero-order chi connectivity index (χ0) is 17.0. The normalized spacial score (nSPS) is 24.8. The Labute approximate surface area is 136 Å². The molecule has 2 heterocycles. The summed E-state index contributed by atoms with van der Waals surface area (Å²) in [6.07, 6.45) is 3.30. The first-order chi connectivity index (χ1) is 10.8. The van der Waals surface area contributed by atoms with Crippen LogP contribution in [0.3, 0.4) is 0 Å². The second kappa shape index (κ2) is 7.35. The van der Waals surface area contributed by atoms with Crippen molar-refractivity contribution in [3.63, 3.8) is 0 Å². The van der Waals surface area contributed by atoms with Crippen LogP contribution in [-0.2, 0) is 21.4 Å². The molecule has 1 aliphatic heterocycles. The Morgan fingerprint density at radius 3 is 2.57 bits per heavy atom. The Balaban J connectivity index is 1.92. The molecule has 0 saturated carbocycles. The molecule has 23 heavy (non-hydrogen) atoms. The number of likely N-dealkylation sites (N-methyl/N-ethyl adjacent to an activating group) is 1. The number of carbonyl (C=O) groups is 1. The van der Waals surface area contributed by atoms with E-state index in [-0.39, 0.29) is 24.5 Å². The first-order valence-electron chi connectivity index (χ1n) is 7.44. The fourth-order valence-electron chi connectivity index (χ4n) is 2.64. The number of sulfonamides is 1. The number of amides is 1. The average molecular weight is 341 g/mol. The summed E-state index contributed by atoms with van der Waals surface area (Å²) in [5.41, 5.74) is 6.69. The maximum atomic E-state index is 12.6. The minimum absolute atomic E-state index is 0.210. The van der Waals surface area contributed by atoms with Crippen molar-refractivity contribution >= 4 is 15.9 Å². The van der Waals surface area contributed by atoms with Crippen LogP contribution < -0.4 is 16.2 Å². The second-order valence-corrected chi connectivity index (χ2v) is 7.97. The Morgan fingerprint density at radius 2 is 2.00 bits per heavy atom. The molecule has 0 spiro atoms. The third-order valence-electron chi connectivity index (χ3n) is 3.88. The summed E-state index contributed by atoms with van der Waals surface area (Å²) in [7, 11) is -2.15. The molecule has 0 aromatic carbocycles. The van der Waals surface area contributed by atoms with Crippen LogP contribution in [0.4, 0.5) is 0 Å². The molecule has 3 N–H and O–H groups in total. The predicted octanol–water partition coefficient (Wildman–Crippen LogP) is -0.787. The smallest absolute Gasteiger partial charge is 0.235 e. The minimum Gasteiger partial charge on any atom is -0.351 e. The maximum Gasteiger partial charge on any atom is 0.235 e. The van der Waals surface area contributed by atoms with E-state index in [2.05, 4.69) is 21.2 Å². The quantitative estimate of drug-likeness (QED) is 0.627. The SMILES string of the molecule is CC1NNC(C)C1S(=O)(=O)N(C)CC(=O)NCc1cccnc1. The molecule has 9 heteroatoms. The number of rotatable bonds is 6. The van der Waals surface area contributed by atoms with Crippen LogP contribution in [0.2, 0.25) is 0 Å². The van der Waals surface area contributed by atoms with Crippen molar-refractivity contribution in [1.82, 2.24) is 25.5 Å². The van der Waals surface area contributed by atoms with Gasteiger partial charge < -0.3 is 5.32 Å². The van der Waals surface area contributed by atoms with Crippen molar-refractivity contribution in [2.75, 3.05) is 13.6 Å². The van der Waals surface area contributed by atoms with Gasteiger partial charge in [0.2, 0.25) is 15.9 Å². The van der Waals surface area contributed by atoms with E-state index in [1.807, 2.05) is 6.07 Å². The largest absolute Gasteiger partial charge is 0.351 e. The van der Waals surface area contributed by atoms with Crippen molar-refractivity contribution in [1.29, 1.82) is 0 Å². The van der Waals surface area contributed by atoms with Crippen LogP contribution >= 0.6 is 0 Å².